The normalized spacial score (nSPS) is 27.9. The van der Waals surface area contributed by atoms with E-state index in [4.69, 9.17) is 0 Å². The predicted octanol–water partition coefficient (Wildman–Crippen LogP) is 1.29. The lowest BCUT2D eigenvalue weighted by molar-refractivity contribution is -0.115. The van der Waals surface area contributed by atoms with Gasteiger partial charge in [0.25, 0.3) is 11.1 Å². The Hall–Kier alpha value is -1.97. The standard InChI is InChI=1S/C18H24N6O2S/c25-16-15(27-18(26)23-16)8-13-4-6-20-17(21-13)22-14-2-1-7-24(11-14)10-12-3-5-19-9-12/h4,6,8,12,14,19H,1-3,5,7,9-11H2,(H,20,21,22)(H,23,25,26). The second kappa shape index (κ2) is 8.37. The molecular formula is C18H24N6O2S. The Bertz CT molecular complexity index is 749. The molecule has 0 aliphatic carbocycles. The highest BCUT2D eigenvalue weighted by molar-refractivity contribution is 8.18. The molecule has 9 heteroatoms. The highest BCUT2D eigenvalue weighted by atomic mass is 32.2. The smallest absolute Gasteiger partial charge is 0.290 e. The molecular weight excluding hydrogens is 364 g/mol. The molecule has 0 saturated carbocycles. The number of hydrogen-bond donors (Lipinski definition) is 3. The van der Waals surface area contributed by atoms with E-state index in [-0.39, 0.29) is 11.1 Å². The third kappa shape index (κ3) is 4.85. The van der Waals surface area contributed by atoms with Gasteiger partial charge in [0, 0.05) is 25.3 Å². The van der Waals surface area contributed by atoms with Crippen LogP contribution in [0.15, 0.2) is 17.2 Å². The van der Waals surface area contributed by atoms with Crippen molar-refractivity contribution >= 4 is 34.9 Å². The lowest BCUT2D eigenvalue weighted by atomic mass is 10.0. The van der Waals surface area contributed by atoms with Crippen LogP contribution in [0.1, 0.15) is 25.0 Å². The minimum absolute atomic E-state index is 0.321. The number of thioether (sulfide) groups is 1. The van der Waals surface area contributed by atoms with Crippen molar-refractivity contribution in [3.05, 3.63) is 22.9 Å². The Morgan fingerprint density at radius 2 is 2.30 bits per heavy atom. The minimum Gasteiger partial charge on any atom is -0.350 e. The van der Waals surface area contributed by atoms with Crippen LogP contribution in [0.25, 0.3) is 6.08 Å². The number of piperidine rings is 1. The van der Waals surface area contributed by atoms with E-state index in [0.29, 0.717) is 22.6 Å². The second-order valence-corrected chi connectivity index (χ2v) is 8.27. The Morgan fingerprint density at radius 3 is 3.07 bits per heavy atom. The van der Waals surface area contributed by atoms with Gasteiger partial charge in [0.05, 0.1) is 10.6 Å². The molecule has 2 atom stereocenters. The first-order valence-electron chi connectivity index (χ1n) is 9.43. The summed E-state index contributed by atoms with van der Waals surface area (Å²) >= 11 is 0.894. The van der Waals surface area contributed by atoms with Crippen molar-refractivity contribution in [1.82, 2.24) is 25.5 Å². The molecule has 1 aromatic heterocycles. The van der Waals surface area contributed by atoms with Gasteiger partial charge in [0.1, 0.15) is 0 Å². The molecule has 0 bridgehead atoms. The molecule has 4 heterocycles. The lowest BCUT2D eigenvalue weighted by Gasteiger charge is -2.34. The van der Waals surface area contributed by atoms with Crippen LogP contribution in [0.4, 0.5) is 10.7 Å². The fourth-order valence-corrected chi connectivity index (χ4v) is 4.50. The van der Waals surface area contributed by atoms with Gasteiger partial charge in [-0.15, -0.1) is 0 Å². The van der Waals surface area contributed by atoms with Crippen molar-refractivity contribution < 1.29 is 9.59 Å². The average Bonchev–Trinajstić information content (AvgIpc) is 3.25. The van der Waals surface area contributed by atoms with Crippen molar-refractivity contribution in [3.63, 3.8) is 0 Å². The van der Waals surface area contributed by atoms with Crippen LogP contribution in [0.3, 0.4) is 0 Å². The highest BCUT2D eigenvalue weighted by Gasteiger charge is 2.26. The zero-order chi connectivity index (χ0) is 18.6. The molecule has 3 fully saturated rings. The fraction of sp³-hybridized carbons (Fsp3) is 0.556. The second-order valence-electron chi connectivity index (χ2n) is 7.26. The fourth-order valence-electron chi connectivity index (χ4n) is 3.84. The number of hydrogen-bond acceptors (Lipinski definition) is 8. The largest absolute Gasteiger partial charge is 0.350 e. The Morgan fingerprint density at radius 1 is 1.37 bits per heavy atom. The van der Waals surface area contributed by atoms with Crippen LogP contribution in [0, 0.1) is 5.92 Å². The summed E-state index contributed by atoms with van der Waals surface area (Å²) < 4.78 is 0. The maximum absolute atomic E-state index is 11.7. The number of carbonyl (C=O) groups excluding carboxylic acids is 2. The van der Waals surface area contributed by atoms with Crippen molar-refractivity contribution in [2.24, 2.45) is 5.92 Å². The van der Waals surface area contributed by atoms with E-state index in [1.807, 2.05) is 0 Å². The van der Waals surface area contributed by atoms with E-state index >= 15 is 0 Å². The Balaban J connectivity index is 1.37. The van der Waals surface area contributed by atoms with E-state index in [2.05, 4.69) is 30.8 Å². The monoisotopic (exact) mass is 388 g/mol. The van der Waals surface area contributed by atoms with Gasteiger partial charge in [-0.1, -0.05) is 0 Å². The van der Waals surface area contributed by atoms with Crippen LogP contribution >= 0.6 is 11.8 Å². The predicted molar refractivity (Wildman–Crippen MR) is 105 cm³/mol. The maximum Gasteiger partial charge on any atom is 0.290 e. The average molecular weight is 388 g/mol. The molecule has 2 amide bonds. The van der Waals surface area contributed by atoms with Crippen LogP contribution < -0.4 is 16.0 Å². The number of anilines is 1. The summed E-state index contributed by atoms with van der Waals surface area (Å²) in [6.07, 6.45) is 6.83. The molecule has 144 valence electrons. The topological polar surface area (TPSA) is 99.2 Å². The minimum atomic E-state index is -0.373. The molecule has 0 radical (unpaired) electrons. The summed E-state index contributed by atoms with van der Waals surface area (Å²) in [5.74, 6) is 0.948. The van der Waals surface area contributed by atoms with Crippen molar-refractivity contribution in [2.75, 3.05) is 38.0 Å². The van der Waals surface area contributed by atoms with Crippen LogP contribution in [-0.4, -0.2) is 64.8 Å². The van der Waals surface area contributed by atoms with E-state index in [1.54, 1.807) is 18.3 Å². The van der Waals surface area contributed by atoms with Crippen LogP contribution in [-0.2, 0) is 4.79 Å². The molecule has 1 aromatic rings. The number of rotatable bonds is 5. The molecule has 3 saturated heterocycles. The number of carbonyl (C=O) groups is 2. The molecule has 3 N–H and O–H groups in total. The Labute approximate surface area is 162 Å². The van der Waals surface area contributed by atoms with Gasteiger partial charge in [-0.2, -0.15) is 0 Å². The summed E-state index contributed by atoms with van der Waals surface area (Å²) in [4.78, 5) is 34.7. The van der Waals surface area contributed by atoms with Gasteiger partial charge >= 0.3 is 0 Å². The summed E-state index contributed by atoms with van der Waals surface area (Å²) in [5, 5.41) is 8.77. The number of aromatic nitrogens is 2. The molecule has 8 nitrogen and oxygen atoms in total. The van der Waals surface area contributed by atoms with Gasteiger partial charge in [-0.3, -0.25) is 14.9 Å². The summed E-state index contributed by atoms with van der Waals surface area (Å²) in [5.41, 5.74) is 0.615. The number of nitrogens with one attached hydrogen (secondary N) is 3. The van der Waals surface area contributed by atoms with Gasteiger partial charge < -0.3 is 15.5 Å². The SMILES string of the molecule is O=C1NC(=O)C(=Cc2ccnc(NC3CCCN(CC4CCNC4)C3)n2)S1. The molecule has 3 aliphatic rings. The summed E-state index contributed by atoms with van der Waals surface area (Å²) in [6.45, 7) is 5.57. The molecule has 0 spiro atoms. The van der Waals surface area contributed by atoms with E-state index < -0.39 is 0 Å². The third-order valence-corrected chi connectivity index (χ3v) is 5.93. The highest BCUT2D eigenvalue weighted by Crippen LogP contribution is 2.25. The van der Waals surface area contributed by atoms with Crippen molar-refractivity contribution in [3.8, 4) is 0 Å². The van der Waals surface area contributed by atoms with Gasteiger partial charge in [0.15, 0.2) is 0 Å². The number of amides is 2. The lowest BCUT2D eigenvalue weighted by Crippen LogP contribution is -2.44. The van der Waals surface area contributed by atoms with E-state index in [1.165, 1.54) is 12.8 Å². The molecule has 4 rings (SSSR count). The number of nitrogens with zero attached hydrogens (tertiary/aromatic N) is 3. The first-order chi connectivity index (χ1) is 13.2. The van der Waals surface area contributed by atoms with Crippen LogP contribution in [0.2, 0.25) is 0 Å². The molecule has 3 aliphatic heterocycles. The summed E-state index contributed by atoms with van der Waals surface area (Å²) in [6, 6.07) is 2.05. The maximum atomic E-state index is 11.7. The first kappa shape index (κ1) is 18.4. The quantitative estimate of drug-likeness (QED) is 0.649. The zero-order valence-corrected chi connectivity index (χ0v) is 15.9. The van der Waals surface area contributed by atoms with Crippen molar-refractivity contribution in [2.45, 2.75) is 25.3 Å². The first-order valence-corrected chi connectivity index (χ1v) is 10.2. The van der Waals surface area contributed by atoms with Gasteiger partial charge in [-0.25, -0.2) is 9.97 Å². The van der Waals surface area contributed by atoms with E-state index in [0.717, 1.165) is 56.8 Å². The molecule has 27 heavy (non-hydrogen) atoms. The molecule has 2 unspecified atom stereocenters. The number of likely N-dealkylation sites (tertiary alicyclic amines) is 1. The van der Waals surface area contributed by atoms with E-state index in [9.17, 15) is 9.59 Å². The zero-order valence-electron chi connectivity index (χ0n) is 15.1. The van der Waals surface area contributed by atoms with Gasteiger partial charge in [0.2, 0.25) is 5.95 Å². The third-order valence-electron chi connectivity index (χ3n) is 5.12. The van der Waals surface area contributed by atoms with Crippen LogP contribution in [0.5, 0.6) is 0 Å². The Kier molecular flexibility index (Phi) is 5.70. The number of imide groups is 1. The summed E-state index contributed by atoms with van der Waals surface area (Å²) in [7, 11) is 0. The van der Waals surface area contributed by atoms with Gasteiger partial charge in [-0.05, 0) is 68.7 Å². The molecule has 0 aromatic carbocycles. The van der Waals surface area contributed by atoms with Crippen molar-refractivity contribution in [1.29, 1.82) is 0 Å².